The number of H-pyrrole nitrogens is 1. The van der Waals surface area contributed by atoms with Gasteiger partial charge in [-0.05, 0) is 175 Å². The SMILES string of the molecule is C#Cc1c(N)cc(C)cc1Br.Cc1cc(Br)c2cc[nH]c2c1.Cc1cc(N)c(C#C[Si](C)(C)C)c(Br)c1.Cc1cc(N)c(I)c(Br)c1. The van der Waals surface area contributed by atoms with Crippen molar-refractivity contribution in [3.63, 3.8) is 0 Å². The lowest BCUT2D eigenvalue weighted by molar-refractivity contribution is 1.43. The third-order valence-electron chi connectivity index (χ3n) is 6.20. The Bertz CT molecular complexity index is 1910. The standard InChI is InChI=1S/C12H16BrNSi.2C9H8BrN.C7H7BrIN/c1-9-7-11(13)10(12(14)8-9)5-6-15(2,3)4;1-6-4-8(10)7-2-3-11-9(7)5-6;1-3-7-8(10)4-6(2)5-9(7)11;1-4-2-5(8)7(9)6(10)3-4/h7-8H,14H2,1-4H3;2-5,11H,1H3;1,4-5H,11H2,2H3;2-3H,10H2,1H3. The number of aryl methyl sites for hydroxylation is 4. The number of fused-ring (bicyclic) bond motifs is 1. The van der Waals surface area contributed by atoms with Crippen molar-refractivity contribution < 1.29 is 0 Å². The van der Waals surface area contributed by atoms with Crippen LogP contribution in [0.15, 0.2) is 78.7 Å². The van der Waals surface area contributed by atoms with Crippen LogP contribution in [0.25, 0.3) is 10.9 Å². The molecule has 1 heterocycles. The van der Waals surface area contributed by atoms with Crippen molar-refractivity contribution >= 4 is 122 Å². The fourth-order valence-corrected chi connectivity index (χ4v) is 7.58. The quantitative estimate of drug-likeness (QED) is 0.0539. The van der Waals surface area contributed by atoms with Gasteiger partial charge in [0.1, 0.15) is 8.07 Å². The lowest BCUT2D eigenvalue weighted by Crippen LogP contribution is -2.16. The van der Waals surface area contributed by atoms with Gasteiger partial charge >= 0.3 is 0 Å². The molecule has 0 bridgehead atoms. The first-order valence-electron chi connectivity index (χ1n) is 14.4. The molecule has 47 heavy (non-hydrogen) atoms. The first-order chi connectivity index (χ1) is 21.8. The summed E-state index contributed by atoms with van der Waals surface area (Å²) in [5.41, 5.74) is 30.4. The van der Waals surface area contributed by atoms with E-state index in [-0.39, 0.29) is 0 Å². The molecule has 5 aromatic rings. The number of hydrogen-bond acceptors (Lipinski definition) is 3. The van der Waals surface area contributed by atoms with Crippen LogP contribution in [-0.2, 0) is 0 Å². The van der Waals surface area contributed by atoms with Crippen LogP contribution in [0.3, 0.4) is 0 Å². The summed E-state index contributed by atoms with van der Waals surface area (Å²) >= 11 is 16.0. The van der Waals surface area contributed by atoms with E-state index < -0.39 is 8.07 Å². The van der Waals surface area contributed by atoms with Gasteiger partial charge in [0.05, 0.1) is 14.7 Å². The fourth-order valence-electron chi connectivity index (χ4n) is 4.08. The van der Waals surface area contributed by atoms with Gasteiger partial charge in [0.15, 0.2) is 0 Å². The van der Waals surface area contributed by atoms with Gasteiger partial charge in [-0.2, -0.15) is 0 Å². The van der Waals surface area contributed by atoms with Crippen molar-refractivity contribution in [2.75, 3.05) is 17.2 Å². The Morgan fingerprint density at radius 1 is 0.660 bits per heavy atom. The molecule has 0 radical (unpaired) electrons. The lowest BCUT2D eigenvalue weighted by Gasteiger charge is -2.06. The van der Waals surface area contributed by atoms with Gasteiger partial charge in [0.25, 0.3) is 0 Å². The van der Waals surface area contributed by atoms with Gasteiger partial charge in [-0.15, -0.1) is 12.0 Å². The minimum absolute atomic E-state index is 0.652. The highest BCUT2D eigenvalue weighted by atomic mass is 127. The maximum atomic E-state index is 5.93. The Hall–Kier alpha value is -2.19. The Kier molecular flexibility index (Phi) is 16.2. The summed E-state index contributed by atoms with van der Waals surface area (Å²) in [6.07, 6.45) is 7.19. The molecule has 0 saturated carbocycles. The summed E-state index contributed by atoms with van der Waals surface area (Å²) < 4.78 is 5.20. The van der Waals surface area contributed by atoms with E-state index in [1.54, 1.807) is 0 Å². The van der Waals surface area contributed by atoms with E-state index in [2.05, 4.69) is 160 Å². The Labute approximate surface area is 328 Å². The molecule has 0 amide bonds. The second kappa shape index (κ2) is 18.5. The smallest absolute Gasteiger partial charge is 0.129 e. The first-order valence-corrected chi connectivity index (χ1v) is 22.1. The predicted molar refractivity (Wildman–Crippen MR) is 231 cm³/mol. The summed E-state index contributed by atoms with van der Waals surface area (Å²) in [5.74, 6) is 5.71. The average molecular weight is 1010 g/mol. The van der Waals surface area contributed by atoms with E-state index in [0.29, 0.717) is 5.69 Å². The van der Waals surface area contributed by atoms with Crippen molar-refractivity contribution in [2.24, 2.45) is 0 Å². The molecule has 0 unspecified atom stereocenters. The molecule has 0 saturated heterocycles. The molecule has 0 fully saturated rings. The molecule has 246 valence electrons. The topological polar surface area (TPSA) is 93.8 Å². The number of hydrogen-bond donors (Lipinski definition) is 4. The second-order valence-electron chi connectivity index (χ2n) is 11.9. The minimum atomic E-state index is -1.34. The molecule has 7 N–H and O–H groups in total. The summed E-state index contributed by atoms with van der Waals surface area (Å²) in [6.45, 7) is 14.8. The number of terminal acetylenes is 1. The van der Waals surface area contributed by atoms with Crippen LogP contribution in [-0.4, -0.2) is 13.1 Å². The van der Waals surface area contributed by atoms with Gasteiger partial charge < -0.3 is 22.2 Å². The van der Waals surface area contributed by atoms with E-state index in [4.69, 9.17) is 23.6 Å². The molecule has 1 aromatic heterocycles. The van der Waals surface area contributed by atoms with Crippen molar-refractivity contribution in [3.8, 4) is 23.8 Å². The summed E-state index contributed by atoms with van der Waals surface area (Å²) in [7, 11) is -1.34. The summed E-state index contributed by atoms with van der Waals surface area (Å²) in [5, 5.41) is 1.25. The largest absolute Gasteiger partial charge is 0.398 e. The molecule has 4 nitrogen and oxygen atoms in total. The number of aromatic nitrogens is 1. The van der Waals surface area contributed by atoms with E-state index in [0.717, 1.165) is 55.1 Å². The van der Waals surface area contributed by atoms with Crippen LogP contribution >= 0.6 is 86.3 Å². The number of rotatable bonds is 0. The van der Waals surface area contributed by atoms with Gasteiger partial charge in [0, 0.05) is 52.1 Å². The molecule has 0 atom stereocenters. The molecule has 10 heteroatoms. The Balaban J connectivity index is 0.000000220. The average Bonchev–Trinajstić information content (AvgIpc) is 3.40. The van der Waals surface area contributed by atoms with E-state index in [9.17, 15) is 0 Å². The van der Waals surface area contributed by atoms with Crippen LogP contribution in [0.5, 0.6) is 0 Å². The molecular weight excluding hydrogens is 975 g/mol. The van der Waals surface area contributed by atoms with E-state index in [1.807, 2.05) is 57.3 Å². The third kappa shape index (κ3) is 13.3. The minimum Gasteiger partial charge on any atom is -0.398 e. The van der Waals surface area contributed by atoms with Crippen LogP contribution in [0.1, 0.15) is 33.4 Å². The number of aromatic amines is 1. The number of nitrogens with one attached hydrogen (secondary N) is 1. The van der Waals surface area contributed by atoms with E-state index in [1.165, 1.54) is 22.0 Å². The normalized spacial score (nSPS) is 10.2. The van der Waals surface area contributed by atoms with Crippen LogP contribution in [0.4, 0.5) is 17.1 Å². The number of benzene rings is 4. The summed E-state index contributed by atoms with van der Waals surface area (Å²) in [4.78, 5) is 3.17. The zero-order chi connectivity index (χ0) is 35.6. The molecular formula is C37H39Br4IN4Si. The molecule has 5 rings (SSSR count). The predicted octanol–water partition coefficient (Wildman–Crippen LogP) is 12.1. The number of anilines is 3. The van der Waals surface area contributed by atoms with Crippen LogP contribution in [0.2, 0.25) is 19.6 Å². The number of halogens is 5. The Morgan fingerprint density at radius 3 is 1.57 bits per heavy atom. The van der Waals surface area contributed by atoms with Crippen molar-refractivity contribution in [1.82, 2.24) is 4.98 Å². The highest BCUT2D eigenvalue weighted by molar-refractivity contribution is 14.1. The monoisotopic (exact) mass is 1010 g/mol. The first kappa shape index (κ1) is 41.0. The number of nitrogen functional groups attached to an aromatic ring is 3. The van der Waals surface area contributed by atoms with Gasteiger partial charge in [-0.3, -0.25) is 0 Å². The molecule has 4 aromatic carbocycles. The molecule has 0 aliphatic rings. The van der Waals surface area contributed by atoms with Crippen molar-refractivity contribution in [3.05, 3.63) is 116 Å². The Morgan fingerprint density at radius 2 is 1.11 bits per heavy atom. The zero-order valence-electron chi connectivity index (χ0n) is 27.5. The van der Waals surface area contributed by atoms with Crippen LogP contribution in [0, 0.1) is 55.1 Å². The maximum absolute atomic E-state index is 5.93. The highest BCUT2D eigenvalue weighted by Crippen LogP contribution is 2.27. The third-order valence-corrected chi connectivity index (χ3v) is 11.6. The molecule has 0 aliphatic heterocycles. The van der Waals surface area contributed by atoms with Crippen LogP contribution < -0.4 is 17.2 Å². The highest BCUT2D eigenvalue weighted by Gasteiger charge is 2.09. The van der Waals surface area contributed by atoms with E-state index >= 15 is 0 Å². The summed E-state index contributed by atoms with van der Waals surface area (Å²) in [6, 6.07) is 18.2. The second-order valence-corrected chi connectivity index (χ2v) is 21.1. The molecule has 0 spiro atoms. The fraction of sp³-hybridized carbons (Fsp3) is 0.189. The van der Waals surface area contributed by atoms with Crippen molar-refractivity contribution in [2.45, 2.75) is 47.3 Å². The van der Waals surface area contributed by atoms with Gasteiger partial charge in [0.2, 0.25) is 0 Å². The lowest BCUT2D eigenvalue weighted by atomic mass is 10.1. The van der Waals surface area contributed by atoms with Gasteiger partial charge in [-0.25, -0.2) is 0 Å². The number of nitrogens with two attached hydrogens (primary N) is 3. The zero-order valence-corrected chi connectivity index (χ0v) is 37.0. The van der Waals surface area contributed by atoms with Gasteiger partial charge in [-0.1, -0.05) is 47.4 Å². The van der Waals surface area contributed by atoms with Crippen molar-refractivity contribution in [1.29, 1.82) is 0 Å². The maximum Gasteiger partial charge on any atom is 0.129 e. The molecule has 0 aliphatic carbocycles.